The zero-order valence-corrected chi connectivity index (χ0v) is 18.6. The number of phenols is 1. The van der Waals surface area contributed by atoms with E-state index < -0.39 is 5.91 Å². The molecule has 4 N–H and O–H groups in total. The molecule has 158 valence electrons. The van der Waals surface area contributed by atoms with Crippen LogP contribution < -0.4 is 11.1 Å². The minimum atomic E-state index is -0.479. The fraction of sp³-hybridized carbons (Fsp3) is 0.0870. The van der Waals surface area contributed by atoms with Gasteiger partial charge in [-0.3, -0.25) is 8.77 Å². The van der Waals surface area contributed by atoms with E-state index in [1.165, 1.54) is 18.0 Å². The Bertz CT molecular complexity index is 1260. The number of benzene rings is 3. The summed E-state index contributed by atoms with van der Waals surface area (Å²) in [5, 5.41) is 15.0. The molecule has 0 unspecified atom stereocenters. The number of aromatic nitrogens is 1. The number of hydrogen-bond donors (Lipinski definition) is 3. The molecule has 1 aromatic heterocycles. The molecule has 4 rings (SSSR count). The number of fused-ring (bicyclic) bond motifs is 1. The summed E-state index contributed by atoms with van der Waals surface area (Å²) < 4.78 is 1.86. The van der Waals surface area contributed by atoms with Gasteiger partial charge in [0.25, 0.3) is 5.91 Å². The molecule has 0 saturated heterocycles. The molecule has 0 atom stereocenters. The molecule has 0 fully saturated rings. The van der Waals surface area contributed by atoms with Crippen LogP contribution >= 0.6 is 35.1 Å². The molecule has 3 aromatic carbocycles. The molecular weight excluding hydrogens is 453 g/mol. The fourth-order valence-electron chi connectivity index (χ4n) is 3.28. The predicted molar refractivity (Wildman–Crippen MR) is 127 cm³/mol. The van der Waals surface area contributed by atoms with Gasteiger partial charge in [-0.25, -0.2) is 0 Å². The first-order valence-corrected chi connectivity index (χ1v) is 11.0. The fourth-order valence-corrected chi connectivity index (χ4v) is 4.81. The Morgan fingerprint density at radius 3 is 2.55 bits per heavy atom. The van der Waals surface area contributed by atoms with Gasteiger partial charge in [0.2, 0.25) is 0 Å². The van der Waals surface area contributed by atoms with Gasteiger partial charge in [-0.15, -0.1) is 0 Å². The van der Waals surface area contributed by atoms with Gasteiger partial charge in [0, 0.05) is 34.0 Å². The van der Waals surface area contributed by atoms with Crippen LogP contribution in [0.1, 0.15) is 21.6 Å². The second kappa shape index (κ2) is 9.24. The first-order chi connectivity index (χ1) is 14.9. The highest BCUT2D eigenvalue weighted by atomic mass is 35.5. The maximum Gasteiger partial charge on any atom is 0.266 e. The van der Waals surface area contributed by atoms with Crippen LogP contribution in [0.5, 0.6) is 5.75 Å². The Labute approximate surface area is 193 Å². The van der Waals surface area contributed by atoms with Crippen LogP contribution in [-0.4, -0.2) is 15.0 Å². The van der Waals surface area contributed by atoms with Crippen LogP contribution in [0.4, 0.5) is 0 Å². The van der Waals surface area contributed by atoms with Crippen LogP contribution in [0.15, 0.2) is 71.6 Å². The third-order valence-electron chi connectivity index (χ3n) is 4.77. The minimum absolute atomic E-state index is 0.0215. The molecule has 0 radical (unpaired) electrons. The maximum absolute atomic E-state index is 12.0. The summed E-state index contributed by atoms with van der Waals surface area (Å²) in [5.41, 5.74) is 8.60. The van der Waals surface area contributed by atoms with Crippen molar-refractivity contribution in [1.82, 2.24) is 9.29 Å². The molecular formula is C23H19Cl2N3O2S. The minimum Gasteiger partial charge on any atom is -0.506 e. The summed E-state index contributed by atoms with van der Waals surface area (Å²) in [6.45, 7) is 0.947. The standard InChI is InChI=1S/C23H19Cl2N3O2S/c24-17-9-16(22(29)19(25)11-17)13-27-12-14-6-7-15-10-21(23(26)30)28(20(15)8-14)31-18-4-2-1-3-5-18/h1-11,27,29H,12-13H2,(H2,26,30). The van der Waals surface area contributed by atoms with Gasteiger partial charge in [0.05, 0.1) is 10.5 Å². The third kappa shape index (κ3) is 4.83. The van der Waals surface area contributed by atoms with Gasteiger partial charge in [-0.05, 0) is 53.9 Å². The van der Waals surface area contributed by atoms with E-state index in [2.05, 4.69) is 5.32 Å². The molecule has 0 spiro atoms. The van der Waals surface area contributed by atoms with Gasteiger partial charge in [0.15, 0.2) is 0 Å². The Morgan fingerprint density at radius 1 is 1.03 bits per heavy atom. The van der Waals surface area contributed by atoms with Crippen LogP contribution in [0.25, 0.3) is 10.9 Å². The number of halogens is 2. The van der Waals surface area contributed by atoms with E-state index in [-0.39, 0.29) is 10.8 Å². The topological polar surface area (TPSA) is 80.3 Å². The highest BCUT2D eigenvalue weighted by molar-refractivity contribution is 7.98. The Morgan fingerprint density at radius 2 is 1.81 bits per heavy atom. The normalized spacial score (nSPS) is 11.2. The SMILES string of the molecule is NC(=O)c1cc2ccc(CNCc3cc(Cl)cc(Cl)c3O)cc2n1Sc1ccccc1. The molecule has 0 saturated carbocycles. The van der Waals surface area contributed by atoms with Gasteiger partial charge in [0.1, 0.15) is 11.4 Å². The van der Waals surface area contributed by atoms with Gasteiger partial charge >= 0.3 is 0 Å². The Hall–Kier alpha value is -2.64. The monoisotopic (exact) mass is 471 g/mol. The van der Waals surface area contributed by atoms with Crippen LogP contribution in [0, 0.1) is 0 Å². The summed E-state index contributed by atoms with van der Waals surface area (Å²) in [5.74, 6) is -0.458. The number of hydrogen-bond acceptors (Lipinski definition) is 4. The van der Waals surface area contributed by atoms with Crippen LogP contribution in [0.3, 0.4) is 0 Å². The molecule has 5 nitrogen and oxygen atoms in total. The van der Waals surface area contributed by atoms with Crippen molar-refractivity contribution in [3.8, 4) is 5.75 Å². The first kappa shape index (κ1) is 21.6. The molecule has 0 aliphatic heterocycles. The van der Waals surface area contributed by atoms with Gasteiger partial charge in [-0.1, -0.05) is 53.5 Å². The average molecular weight is 472 g/mol. The summed E-state index contributed by atoms with van der Waals surface area (Å²) in [4.78, 5) is 13.0. The van der Waals surface area contributed by atoms with Crippen molar-refractivity contribution >= 4 is 52.0 Å². The molecule has 31 heavy (non-hydrogen) atoms. The van der Waals surface area contributed by atoms with Crippen molar-refractivity contribution in [1.29, 1.82) is 0 Å². The number of nitrogens with one attached hydrogen (secondary N) is 1. The van der Waals surface area contributed by atoms with Gasteiger partial charge < -0.3 is 16.2 Å². The Kier molecular flexibility index (Phi) is 6.43. The van der Waals surface area contributed by atoms with E-state index >= 15 is 0 Å². The van der Waals surface area contributed by atoms with E-state index in [4.69, 9.17) is 28.9 Å². The van der Waals surface area contributed by atoms with Crippen molar-refractivity contribution < 1.29 is 9.90 Å². The molecule has 1 amide bonds. The molecule has 0 aliphatic rings. The van der Waals surface area contributed by atoms with Crippen molar-refractivity contribution in [2.45, 2.75) is 18.0 Å². The molecule has 0 aliphatic carbocycles. The van der Waals surface area contributed by atoms with E-state index in [0.29, 0.717) is 29.4 Å². The first-order valence-electron chi connectivity index (χ1n) is 9.47. The number of nitrogens with zero attached hydrogens (tertiary/aromatic N) is 1. The number of carbonyl (C=O) groups excluding carboxylic acids is 1. The molecule has 0 bridgehead atoms. The van der Waals surface area contributed by atoms with Crippen LogP contribution in [0.2, 0.25) is 10.0 Å². The number of phenolic OH excluding ortho intramolecular Hbond substituents is 1. The van der Waals surface area contributed by atoms with E-state index in [1.54, 1.807) is 12.1 Å². The summed E-state index contributed by atoms with van der Waals surface area (Å²) in [6, 6.07) is 20.8. The van der Waals surface area contributed by atoms with E-state index in [9.17, 15) is 9.90 Å². The number of primary amides is 1. The predicted octanol–water partition coefficient (Wildman–Crippen LogP) is 5.60. The summed E-state index contributed by atoms with van der Waals surface area (Å²) in [7, 11) is 0. The summed E-state index contributed by atoms with van der Waals surface area (Å²) >= 11 is 13.5. The van der Waals surface area contributed by atoms with Crippen molar-refractivity contribution in [2.24, 2.45) is 5.73 Å². The Balaban J connectivity index is 1.58. The number of rotatable bonds is 7. The molecule has 4 aromatic rings. The lowest BCUT2D eigenvalue weighted by Gasteiger charge is -2.10. The smallest absolute Gasteiger partial charge is 0.266 e. The van der Waals surface area contributed by atoms with Crippen molar-refractivity contribution in [3.63, 3.8) is 0 Å². The van der Waals surface area contributed by atoms with Crippen LogP contribution in [-0.2, 0) is 13.1 Å². The quantitative estimate of drug-likeness (QED) is 0.327. The summed E-state index contributed by atoms with van der Waals surface area (Å²) in [6.07, 6.45) is 0. The third-order valence-corrected chi connectivity index (χ3v) is 6.33. The number of amides is 1. The largest absolute Gasteiger partial charge is 0.506 e. The second-order valence-corrected chi connectivity index (χ2v) is 8.85. The molecule has 1 heterocycles. The zero-order chi connectivity index (χ0) is 22.0. The van der Waals surface area contributed by atoms with E-state index in [0.717, 1.165) is 21.4 Å². The number of aromatic hydroxyl groups is 1. The number of carbonyl (C=O) groups is 1. The lowest BCUT2D eigenvalue weighted by atomic mass is 10.1. The molecule has 8 heteroatoms. The second-order valence-electron chi connectivity index (χ2n) is 6.98. The van der Waals surface area contributed by atoms with Crippen molar-refractivity contribution in [2.75, 3.05) is 0 Å². The van der Waals surface area contributed by atoms with E-state index in [1.807, 2.05) is 52.5 Å². The van der Waals surface area contributed by atoms with Crippen molar-refractivity contribution in [3.05, 3.63) is 93.6 Å². The van der Waals surface area contributed by atoms with Gasteiger partial charge in [-0.2, -0.15) is 0 Å². The lowest BCUT2D eigenvalue weighted by Crippen LogP contribution is -2.14. The highest BCUT2D eigenvalue weighted by Crippen LogP contribution is 2.32. The lowest BCUT2D eigenvalue weighted by molar-refractivity contribution is 0.0995. The maximum atomic E-state index is 12.0. The highest BCUT2D eigenvalue weighted by Gasteiger charge is 2.15. The average Bonchev–Trinajstić information content (AvgIpc) is 3.10. The number of nitrogens with two attached hydrogens (primary N) is 1. The zero-order valence-electron chi connectivity index (χ0n) is 16.3.